The monoisotopic (exact) mass is 257 g/mol. The van der Waals surface area contributed by atoms with Crippen molar-refractivity contribution in [1.82, 2.24) is 0 Å². The van der Waals surface area contributed by atoms with Crippen LogP contribution in [0, 0.1) is 0 Å². The van der Waals surface area contributed by atoms with Crippen LogP contribution < -0.4 is 5.73 Å². The second-order valence-corrected chi connectivity index (χ2v) is 4.35. The lowest BCUT2D eigenvalue weighted by atomic mass is 10.0. The molecule has 0 saturated heterocycles. The Bertz CT molecular complexity index is 616. The molecule has 4 heteroatoms. The lowest BCUT2D eigenvalue weighted by Crippen LogP contribution is -2.30. The van der Waals surface area contributed by atoms with Crippen molar-refractivity contribution in [2.24, 2.45) is 5.73 Å². The van der Waals surface area contributed by atoms with Gasteiger partial charge >= 0.3 is 5.97 Å². The van der Waals surface area contributed by atoms with Crippen LogP contribution in [0.2, 0.25) is 0 Å². The quantitative estimate of drug-likeness (QED) is 0.849. The number of carbonyl (C=O) groups is 2. The van der Waals surface area contributed by atoms with Crippen LogP contribution in [-0.4, -0.2) is 18.0 Å². The van der Waals surface area contributed by atoms with Gasteiger partial charge in [0, 0.05) is 0 Å². The summed E-state index contributed by atoms with van der Waals surface area (Å²) in [6, 6.07) is 13.5. The molecule has 0 heterocycles. The molecule has 0 fully saturated rings. The average Bonchev–Trinajstić information content (AvgIpc) is 2.39. The van der Waals surface area contributed by atoms with Crippen LogP contribution >= 0.6 is 0 Å². The molecule has 0 aliphatic carbocycles. The summed E-state index contributed by atoms with van der Waals surface area (Å²) >= 11 is 0. The molecule has 0 saturated carbocycles. The molecule has 4 nitrogen and oxygen atoms in total. The first kappa shape index (κ1) is 13.1. The molecule has 2 aromatic rings. The SMILES string of the molecule is C[C@@H](OC(=O)Cc1cccc2ccccc12)C(N)=O. The van der Waals surface area contributed by atoms with Gasteiger partial charge in [-0.25, -0.2) is 0 Å². The number of hydrogen-bond acceptors (Lipinski definition) is 3. The highest BCUT2D eigenvalue weighted by atomic mass is 16.5. The van der Waals surface area contributed by atoms with E-state index >= 15 is 0 Å². The van der Waals surface area contributed by atoms with E-state index in [2.05, 4.69) is 0 Å². The molecule has 0 aliphatic heterocycles. The minimum absolute atomic E-state index is 0.124. The lowest BCUT2D eigenvalue weighted by molar-refractivity contribution is -0.153. The molecule has 0 aromatic heterocycles. The van der Waals surface area contributed by atoms with Gasteiger partial charge in [0.2, 0.25) is 0 Å². The maximum Gasteiger partial charge on any atom is 0.311 e. The van der Waals surface area contributed by atoms with Crippen LogP contribution in [0.25, 0.3) is 10.8 Å². The fourth-order valence-corrected chi connectivity index (χ4v) is 1.90. The number of benzene rings is 2. The van der Waals surface area contributed by atoms with Gasteiger partial charge in [0.05, 0.1) is 6.42 Å². The number of rotatable bonds is 4. The number of hydrogen-bond donors (Lipinski definition) is 1. The number of carbonyl (C=O) groups excluding carboxylic acids is 2. The molecule has 98 valence electrons. The van der Waals surface area contributed by atoms with Crippen molar-refractivity contribution in [2.75, 3.05) is 0 Å². The summed E-state index contributed by atoms with van der Waals surface area (Å²) in [7, 11) is 0. The Morgan fingerprint density at radius 2 is 1.84 bits per heavy atom. The fraction of sp³-hybridized carbons (Fsp3) is 0.200. The molecule has 0 spiro atoms. The molecule has 2 N–H and O–H groups in total. The average molecular weight is 257 g/mol. The summed E-state index contributed by atoms with van der Waals surface area (Å²) < 4.78 is 4.95. The van der Waals surface area contributed by atoms with Crippen molar-refractivity contribution in [3.63, 3.8) is 0 Å². The topological polar surface area (TPSA) is 69.4 Å². The highest BCUT2D eigenvalue weighted by Crippen LogP contribution is 2.19. The normalized spacial score (nSPS) is 12.1. The first-order valence-electron chi connectivity index (χ1n) is 6.03. The molecule has 0 radical (unpaired) electrons. The zero-order valence-electron chi connectivity index (χ0n) is 10.6. The van der Waals surface area contributed by atoms with E-state index in [1.165, 1.54) is 6.92 Å². The molecule has 1 amide bonds. The van der Waals surface area contributed by atoms with Gasteiger partial charge in [-0.2, -0.15) is 0 Å². The minimum atomic E-state index is -0.900. The number of nitrogens with two attached hydrogens (primary N) is 1. The summed E-state index contributed by atoms with van der Waals surface area (Å²) in [6.45, 7) is 1.46. The van der Waals surface area contributed by atoms with E-state index in [9.17, 15) is 9.59 Å². The zero-order chi connectivity index (χ0) is 13.8. The third-order valence-electron chi connectivity index (χ3n) is 2.92. The maximum atomic E-state index is 11.7. The van der Waals surface area contributed by atoms with E-state index in [4.69, 9.17) is 10.5 Å². The summed E-state index contributed by atoms with van der Waals surface area (Å²) in [6.07, 6.45) is -0.777. The molecule has 19 heavy (non-hydrogen) atoms. The molecule has 0 aliphatic rings. The Hall–Kier alpha value is -2.36. The van der Waals surface area contributed by atoms with Gasteiger partial charge in [-0.15, -0.1) is 0 Å². The Balaban J connectivity index is 2.17. The third-order valence-corrected chi connectivity index (χ3v) is 2.92. The Morgan fingerprint density at radius 3 is 2.58 bits per heavy atom. The molecular weight excluding hydrogens is 242 g/mol. The van der Waals surface area contributed by atoms with E-state index < -0.39 is 18.0 Å². The number of primary amides is 1. The van der Waals surface area contributed by atoms with Gasteiger partial charge in [0.15, 0.2) is 6.10 Å². The zero-order valence-corrected chi connectivity index (χ0v) is 10.6. The van der Waals surface area contributed by atoms with E-state index in [0.717, 1.165) is 16.3 Å². The third kappa shape index (κ3) is 3.10. The van der Waals surface area contributed by atoms with Crippen LogP contribution in [0.4, 0.5) is 0 Å². The molecule has 0 unspecified atom stereocenters. The van der Waals surface area contributed by atoms with Crippen molar-refractivity contribution in [2.45, 2.75) is 19.4 Å². The first-order valence-corrected chi connectivity index (χ1v) is 6.03. The summed E-state index contributed by atoms with van der Waals surface area (Å²) in [4.78, 5) is 22.6. The van der Waals surface area contributed by atoms with E-state index in [1.54, 1.807) is 0 Å². The van der Waals surface area contributed by atoms with Gasteiger partial charge < -0.3 is 10.5 Å². The second-order valence-electron chi connectivity index (χ2n) is 4.35. The predicted octanol–water partition coefficient (Wildman–Crippen LogP) is 1.80. The van der Waals surface area contributed by atoms with Gasteiger partial charge in [-0.3, -0.25) is 9.59 Å². The van der Waals surface area contributed by atoms with Crippen LogP contribution in [-0.2, 0) is 20.7 Å². The van der Waals surface area contributed by atoms with Crippen LogP contribution in [0.3, 0.4) is 0 Å². The Morgan fingerprint density at radius 1 is 1.16 bits per heavy atom. The number of fused-ring (bicyclic) bond motifs is 1. The highest BCUT2D eigenvalue weighted by Gasteiger charge is 2.15. The highest BCUT2D eigenvalue weighted by molar-refractivity contribution is 5.89. The molecule has 1 atom stereocenters. The van der Waals surface area contributed by atoms with Crippen molar-refractivity contribution >= 4 is 22.6 Å². The smallest absolute Gasteiger partial charge is 0.311 e. The molecular formula is C15H15NO3. The van der Waals surface area contributed by atoms with Crippen molar-refractivity contribution in [1.29, 1.82) is 0 Å². The summed E-state index contributed by atoms with van der Waals surface area (Å²) in [5.74, 6) is -1.10. The molecule has 0 bridgehead atoms. The molecule has 2 aromatic carbocycles. The van der Waals surface area contributed by atoms with Crippen LogP contribution in [0.1, 0.15) is 12.5 Å². The van der Waals surface area contributed by atoms with Gasteiger partial charge in [0.1, 0.15) is 0 Å². The van der Waals surface area contributed by atoms with Crippen molar-refractivity contribution in [3.8, 4) is 0 Å². The molecule has 2 rings (SSSR count). The van der Waals surface area contributed by atoms with E-state index in [-0.39, 0.29) is 6.42 Å². The standard InChI is InChI=1S/C15H15NO3/c1-10(15(16)18)19-14(17)9-12-7-4-6-11-5-2-3-8-13(11)12/h2-8,10H,9H2,1H3,(H2,16,18)/t10-/m1/s1. The van der Waals surface area contributed by atoms with Gasteiger partial charge in [0.25, 0.3) is 5.91 Å². The van der Waals surface area contributed by atoms with E-state index in [1.807, 2.05) is 42.5 Å². The first-order chi connectivity index (χ1) is 9.08. The Kier molecular flexibility index (Phi) is 3.80. The van der Waals surface area contributed by atoms with Crippen LogP contribution in [0.5, 0.6) is 0 Å². The Labute approximate surface area is 111 Å². The number of esters is 1. The predicted molar refractivity (Wildman–Crippen MR) is 72.4 cm³/mol. The number of amides is 1. The van der Waals surface area contributed by atoms with Crippen molar-refractivity contribution in [3.05, 3.63) is 48.0 Å². The maximum absolute atomic E-state index is 11.7. The summed E-state index contributed by atoms with van der Waals surface area (Å²) in [5.41, 5.74) is 5.93. The van der Waals surface area contributed by atoms with Gasteiger partial charge in [-0.1, -0.05) is 42.5 Å². The van der Waals surface area contributed by atoms with E-state index in [0.29, 0.717) is 0 Å². The second kappa shape index (κ2) is 5.52. The van der Waals surface area contributed by atoms with Crippen LogP contribution in [0.15, 0.2) is 42.5 Å². The lowest BCUT2D eigenvalue weighted by Gasteiger charge is -2.10. The minimum Gasteiger partial charge on any atom is -0.452 e. The van der Waals surface area contributed by atoms with Crippen molar-refractivity contribution < 1.29 is 14.3 Å². The number of ether oxygens (including phenoxy) is 1. The summed E-state index contributed by atoms with van der Waals surface area (Å²) in [5, 5.41) is 2.07. The largest absolute Gasteiger partial charge is 0.452 e. The fourth-order valence-electron chi connectivity index (χ4n) is 1.90. The van der Waals surface area contributed by atoms with Gasteiger partial charge in [-0.05, 0) is 23.3 Å².